The summed E-state index contributed by atoms with van der Waals surface area (Å²) in [6.07, 6.45) is 0.789. The number of aromatic carboxylic acids is 1. The van der Waals surface area contributed by atoms with Crippen LogP contribution >= 0.6 is 15.2 Å². The first-order valence-corrected chi connectivity index (χ1v) is 17.8. The van der Waals surface area contributed by atoms with E-state index in [9.17, 15) is 28.9 Å². The van der Waals surface area contributed by atoms with Gasteiger partial charge < -0.3 is 29.3 Å². The molecular formula is C26H38FN3O15P2. The van der Waals surface area contributed by atoms with E-state index in [0.29, 0.717) is 26.2 Å². The van der Waals surface area contributed by atoms with E-state index >= 15 is 4.39 Å². The molecule has 0 spiro atoms. The summed E-state index contributed by atoms with van der Waals surface area (Å²) in [5.41, 5.74) is -2.28. The van der Waals surface area contributed by atoms with E-state index in [0.717, 1.165) is 16.8 Å². The summed E-state index contributed by atoms with van der Waals surface area (Å²) in [4.78, 5) is 49.0. The van der Waals surface area contributed by atoms with Gasteiger partial charge in [0, 0.05) is 32.4 Å². The Hall–Kier alpha value is -2.51. The molecule has 1 saturated heterocycles. The van der Waals surface area contributed by atoms with Crippen molar-refractivity contribution in [3.05, 3.63) is 33.9 Å². The maximum absolute atomic E-state index is 15.9. The smallest absolute Gasteiger partial charge is 0.430 e. The van der Waals surface area contributed by atoms with Crippen molar-refractivity contribution < 1.29 is 71.5 Å². The highest BCUT2D eigenvalue weighted by molar-refractivity contribution is 7.73. The van der Waals surface area contributed by atoms with Gasteiger partial charge in [0.25, 0.3) is 0 Å². The van der Waals surface area contributed by atoms with Crippen LogP contribution in [-0.4, -0.2) is 97.0 Å². The van der Waals surface area contributed by atoms with E-state index in [1.165, 1.54) is 27.7 Å². The highest BCUT2D eigenvalue weighted by Crippen LogP contribution is 2.80. The quantitative estimate of drug-likeness (QED) is 0.137. The van der Waals surface area contributed by atoms with Crippen molar-refractivity contribution in [1.82, 2.24) is 9.47 Å². The number of hydrogen-bond donors (Lipinski definition) is 2. The average Bonchev–Trinajstić information content (AvgIpc) is 3.05. The van der Waals surface area contributed by atoms with E-state index in [1.807, 2.05) is 11.9 Å². The summed E-state index contributed by atoms with van der Waals surface area (Å²) >= 11 is 0. The van der Waals surface area contributed by atoms with E-state index in [4.69, 9.17) is 43.0 Å². The molecular weight excluding hydrogens is 675 g/mol. The zero-order valence-electron chi connectivity index (χ0n) is 26.4. The molecule has 0 radical (unpaired) electrons. The number of piperazine rings is 1. The Morgan fingerprint density at radius 1 is 0.957 bits per heavy atom. The van der Waals surface area contributed by atoms with Gasteiger partial charge in [-0.15, -0.1) is 18.7 Å². The predicted molar refractivity (Wildman–Crippen MR) is 160 cm³/mol. The van der Waals surface area contributed by atoms with Gasteiger partial charge in [-0.3, -0.25) is 13.9 Å². The van der Waals surface area contributed by atoms with E-state index in [-0.39, 0.29) is 43.4 Å². The lowest BCUT2D eigenvalue weighted by molar-refractivity contribution is -0.285. The first-order chi connectivity index (χ1) is 22.3. The Morgan fingerprint density at radius 3 is 1.89 bits per heavy atom. The third-order valence-corrected chi connectivity index (χ3v) is 12.2. The van der Waals surface area contributed by atoms with Crippen LogP contribution in [0.5, 0.6) is 5.75 Å². The number of ether oxygens (including phenoxy) is 1. The minimum Gasteiger partial charge on any atom is -0.487 e. The summed E-state index contributed by atoms with van der Waals surface area (Å²) in [6, 6.07) is -1.21. The summed E-state index contributed by atoms with van der Waals surface area (Å²) in [5, 5.41) is 18.4. The second kappa shape index (κ2) is 15.4. The fourth-order valence-corrected chi connectivity index (χ4v) is 9.28. The molecule has 1 aromatic carbocycles. The van der Waals surface area contributed by atoms with Crippen LogP contribution in [0.25, 0.3) is 10.9 Å². The number of likely N-dealkylation sites (N-methyl/N-ethyl adjacent to an activating group) is 1. The number of anilines is 1. The minimum atomic E-state index is -5.55. The Kier molecular flexibility index (Phi) is 12.2. The topological polar surface area (TPSA) is 203 Å². The SMILES string of the molecule is CCOOP(=O)(OOCC)C(O)(C1COc2c(N3CCN(C)CC3)c(F)cc3c(=O)c(C(=O)O)cn1c23)P(=O)(OOCC)OOCC. The molecule has 0 bridgehead atoms. The highest BCUT2D eigenvalue weighted by Gasteiger charge is 2.74. The minimum absolute atomic E-state index is 0.0533. The Labute approximate surface area is 268 Å². The number of hydrogen-bond acceptors (Lipinski definition) is 16. The molecule has 2 aromatic rings. The van der Waals surface area contributed by atoms with Gasteiger partial charge in [0.05, 0.1) is 37.3 Å². The van der Waals surface area contributed by atoms with Crippen molar-refractivity contribution in [1.29, 1.82) is 0 Å². The van der Waals surface area contributed by atoms with Crippen LogP contribution < -0.4 is 15.1 Å². The first-order valence-electron chi connectivity index (χ1n) is 14.7. The van der Waals surface area contributed by atoms with Crippen molar-refractivity contribution in [2.24, 2.45) is 0 Å². The monoisotopic (exact) mass is 713 g/mol. The Morgan fingerprint density at radius 2 is 1.45 bits per heavy atom. The van der Waals surface area contributed by atoms with Crippen LogP contribution in [-0.2, 0) is 47.4 Å². The average molecular weight is 714 g/mol. The molecule has 1 atom stereocenters. The summed E-state index contributed by atoms with van der Waals surface area (Å²) in [7, 11) is -9.20. The van der Waals surface area contributed by atoms with Crippen LogP contribution in [0.15, 0.2) is 17.1 Å². The van der Waals surface area contributed by atoms with Gasteiger partial charge in [-0.2, -0.15) is 0 Å². The molecule has 264 valence electrons. The molecule has 0 amide bonds. The molecule has 1 fully saturated rings. The van der Waals surface area contributed by atoms with Crippen molar-refractivity contribution in [2.45, 2.75) is 38.8 Å². The van der Waals surface area contributed by atoms with Gasteiger partial charge in [-0.1, -0.05) is 0 Å². The van der Waals surface area contributed by atoms with Crippen molar-refractivity contribution in [2.75, 3.05) is 71.2 Å². The largest absolute Gasteiger partial charge is 0.487 e. The van der Waals surface area contributed by atoms with Gasteiger partial charge in [0.1, 0.15) is 23.9 Å². The van der Waals surface area contributed by atoms with Crippen molar-refractivity contribution >= 4 is 37.8 Å². The lowest BCUT2D eigenvalue weighted by Gasteiger charge is -2.43. The number of aliphatic hydroxyl groups is 1. The van der Waals surface area contributed by atoms with Crippen molar-refractivity contribution in [3.63, 3.8) is 0 Å². The standard InChI is InChI=1S/C26H38FN3O15P2/c1-6-38-42-46(35,43-39-7-2)26(34,47(36,44-40-8-3)45-41-9-4)20-16-37-24-21-17(23(31)18(25(32)33)15-30(20)21)14-19(27)22(24)29-12-10-28(5)11-13-29/h14-15,20,34H,6-13,16H2,1-5H3,(H,32,33). The fraction of sp³-hybridized carbons (Fsp3) is 0.615. The maximum atomic E-state index is 15.9. The third-order valence-electron chi connectivity index (χ3n) is 7.30. The number of carboxylic acid groups (broad SMARTS) is 1. The summed E-state index contributed by atoms with van der Waals surface area (Å²) in [6.45, 7) is 5.60. The third kappa shape index (κ3) is 6.86. The number of rotatable bonds is 17. The molecule has 0 saturated carbocycles. The van der Waals surface area contributed by atoms with Gasteiger partial charge in [0.2, 0.25) is 5.43 Å². The maximum Gasteiger partial charge on any atom is 0.430 e. The lowest BCUT2D eigenvalue weighted by Crippen LogP contribution is -2.47. The normalized spacial score (nSPS) is 17.7. The number of carboxylic acids is 1. The van der Waals surface area contributed by atoms with Crippen LogP contribution in [0.1, 0.15) is 44.1 Å². The van der Waals surface area contributed by atoms with E-state index in [1.54, 1.807) is 4.90 Å². The number of pyridine rings is 1. The second-order valence-corrected chi connectivity index (χ2v) is 14.5. The number of aromatic nitrogens is 1. The van der Waals surface area contributed by atoms with Gasteiger partial charge in [-0.25, -0.2) is 28.7 Å². The molecule has 2 N–H and O–H groups in total. The van der Waals surface area contributed by atoms with Crippen molar-refractivity contribution in [3.8, 4) is 5.75 Å². The predicted octanol–water partition coefficient (Wildman–Crippen LogP) is 3.43. The van der Waals surface area contributed by atoms with Crippen LogP contribution in [0.2, 0.25) is 0 Å². The molecule has 3 heterocycles. The molecule has 1 unspecified atom stereocenters. The molecule has 18 nitrogen and oxygen atoms in total. The molecule has 0 aliphatic carbocycles. The molecule has 2 aliphatic heterocycles. The fourth-order valence-electron chi connectivity index (χ4n) is 5.09. The zero-order chi connectivity index (χ0) is 34.6. The summed E-state index contributed by atoms with van der Waals surface area (Å²) in [5.74, 6) is -2.81. The number of benzene rings is 1. The molecule has 4 rings (SSSR count). The second-order valence-electron chi connectivity index (χ2n) is 10.2. The number of carbonyl (C=O) groups is 1. The summed E-state index contributed by atoms with van der Waals surface area (Å²) < 4.78 is 72.2. The number of nitrogens with zero attached hydrogens (tertiary/aromatic N) is 3. The molecule has 2 aliphatic rings. The van der Waals surface area contributed by atoms with E-state index < -0.39 is 61.1 Å². The highest BCUT2D eigenvalue weighted by atomic mass is 31.2. The van der Waals surface area contributed by atoms with Gasteiger partial charge >= 0.3 is 26.2 Å². The Bertz CT molecular complexity index is 1540. The molecule has 47 heavy (non-hydrogen) atoms. The van der Waals surface area contributed by atoms with Crippen LogP contribution in [0.3, 0.4) is 0 Å². The zero-order valence-corrected chi connectivity index (χ0v) is 28.2. The van der Waals surface area contributed by atoms with E-state index in [2.05, 4.69) is 0 Å². The first kappa shape index (κ1) is 37.3. The van der Waals surface area contributed by atoms with Gasteiger partial charge in [0.15, 0.2) is 11.6 Å². The van der Waals surface area contributed by atoms with Gasteiger partial charge in [-0.05, 0) is 40.8 Å². The number of halogens is 1. The van der Waals surface area contributed by atoms with Crippen LogP contribution in [0.4, 0.5) is 10.1 Å². The van der Waals surface area contributed by atoms with Crippen LogP contribution in [0, 0.1) is 5.82 Å². The lowest BCUT2D eigenvalue weighted by atomic mass is 10.0. The Balaban J connectivity index is 2.11. The molecule has 1 aromatic heterocycles. The molecule has 21 heteroatoms.